The Kier molecular flexibility index (Phi) is 6.36. The van der Waals surface area contributed by atoms with E-state index in [-0.39, 0.29) is 22.4 Å². The third kappa shape index (κ3) is 5.24. The molecule has 10 heteroatoms. The maximum atomic E-state index is 13.1. The first kappa shape index (κ1) is 23.4. The van der Waals surface area contributed by atoms with Gasteiger partial charge >= 0.3 is 0 Å². The number of nitrogens with one attached hydrogen (secondary N) is 3. The number of hydrogen-bond acceptors (Lipinski definition) is 6. The number of amides is 2. The van der Waals surface area contributed by atoms with E-state index in [0.717, 1.165) is 15.8 Å². The summed E-state index contributed by atoms with van der Waals surface area (Å²) in [5, 5.41) is 5.74. The molecule has 0 aliphatic rings. The molecule has 1 heterocycles. The molecule has 3 aromatic carbocycles. The number of aromatic nitrogens is 1. The van der Waals surface area contributed by atoms with Gasteiger partial charge in [0.25, 0.3) is 15.9 Å². The topological polar surface area (TPSA) is 117 Å². The molecule has 0 atom stereocenters. The summed E-state index contributed by atoms with van der Waals surface area (Å²) in [5.74, 6) is -0.644. The van der Waals surface area contributed by atoms with Gasteiger partial charge in [-0.1, -0.05) is 35.1 Å². The number of aryl methyl sites for hydroxylation is 2. The average Bonchev–Trinajstić information content (AvgIpc) is 3.16. The van der Waals surface area contributed by atoms with Crippen molar-refractivity contribution in [3.05, 3.63) is 77.4 Å². The molecular weight excluding hydrogens is 472 g/mol. The fourth-order valence-corrected chi connectivity index (χ4v) is 5.41. The van der Waals surface area contributed by atoms with Crippen LogP contribution in [-0.4, -0.2) is 25.2 Å². The smallest absolute Gasteiger partial charge is 0.263 e. The lowest BCUT2D eigenvalue weighted by atomic mass is 10.1. The van der Waals surface area contributed by atoms with Crippen molar-refractivity contribution in [2.75, 3.05) is 15.4 Å². The van der Waals surface area contributed by atoms with Crippen LogP contribution in [0.25, 0.3) is 10.2 Å². The number of rotatable bonds is 6. The molecule has 0 saturated heterocycles. The Hall–Kier alpha value is -3.76. The number of thiazole rings is 1. The molecule has 34 heavy (non-hydrogen) atoms. The van der Waals surface area contributed by atoms with Gasteiger partial charge in [0.05, 0.1) is 21.6 Å². The number of anilines is 3. The number of fused-ring (bicyclic) bond motifs is 1. The van der Waals surface area contributed by atoms with Crippen molar-refractivity contribution in [1.29, 1.82) is 0 Å². The van der Waals surface area contributed by atoms with Gasteiger partial charge in [0.2, 0.25) is 5.91 Å². The summed E-state index contributed by atoms with van der Waals surface area (Å²) in [7, 11) is -3.99. The van der Waals surface area contributed by atoms with Crippen molar-refractivity contribution in [2.45, 2.75) is 25.7 Å². The van der Waals surface area contributed by atoms with Crippen LogP contribution in [-0.2, 0) is 14.8 Å². The molecule has 4 aromatic rings. The molecule has 0 bridgehead atoms. The van der Waals surface area contributed by atoms with Crippen LogP contribution in [0.4, 0.5) is 16.5 Å². The largest absolute Gasteiger partial charge is 0.325 e. The van der Waals surface area contributed by atoms with Crippen LogP contribution < -0.4 is 15.4 Å². The third-order valence-electron chi connectivity index (χ3n) is 4.91. The van der Waals surface area contributed by atoms with Crippen LogP contribution in [0, 0.1) is 13.8 Å². The summed E-state index contributed by atoms with van der Waals surface area (Å²) in [6.07, 6.45) is 0. The second-order valence-corrected chi connectivity index (χ2v) is 10.5. The number of hydrogen-bond donors (Lipinski definition) is 3. The summed E-state index contributed by atoms with van der Waals surface area (Å²) in [6, 6.07) is 16.9. The van der Waals surface area contributed by atoms with Gasteiger partial charge in [-0.15, -0.1) is 0 Å². The highest BCUT2D eigenvalue weighted by atomic mass is 32.2. The minimum absolute atomic E-state index is 0.0351. The van der Waals surface area contributed by atoms with Crippen LogP contribution in [0.1, 0.15) is 28.4 Å². The molecule has 4 rings (SSSR count). The van der Waals surface area contributed by atoms with Gasteiger partial charge in [-0.2, -0.15) is 0 Å². The summed E-state index contributed by atoms with van der Waals surface area (Å²) < 4.78 is 29.5. The second kappa shape index (κ2) is 9.24. The maximum Gasteiger partial charge on any atom is 0.263 e. The predicted octanol–water partition coefficient (Wildman–Crippen LogP) is 4.92. The number of sulfonamides is 1. The van der Waals surface area contributed by atoms with Gasteiger partial charge in [0.15, 0.2) is 5.13 Å². The molecule has 0 unspecified atom stereocenters. The average molecular weight is 495 g/mol. The minimum atomic E-state index is -3.99. The number of carbonyl (C=O) groups is 2. The van der Waals surface area contributed by atoms with Crippen LogP contribution in [0.2, 0.25) is 0 Å². The molecule has 2 amide bonds. The molecule has 0 fully saturated rings. The first-order valence-corrected chi connectivity index (χ1v) is 12.6. The number of benzene rings is 3. The van der Waals surface area contributed by atoms with Crippen molar-refractivity contribution in [3.63, 3.8) is 0 Å². The first-order chi connectivity index (χ1) is 16.1. The van der Waals surface area contributed by atoms with Crippen molar-refractivity contribution < 1.29 is 18.0 Å². The van der Waals surface area contributed by atoms with Crippen molar-refractivity contribution >= 4 is 59.9 Å². The Morgan fingerprint density at radius 3 is 2.29 bits per heavy atom. The zero-order chi connectivity index (χ0) is 24.5. The Labute approximate surface area is 201 Å². The SMILES string of the molecule is CC(=O)Nc1ccc(C)cc1S(=O)(=O)Nc1ccc2sc(NC(=O)c3ccc(C)cc3)nc2c1. The van der Waals surface area contributed by atoms with Crippen molar-refractivity contribution in [1.82, 2.24) is 4.98 Å². The third-order valence-corrected chi connectivity index (χ3v) is 7.28. The Bertz CT molecular complexity index is 1510. The van der Waals surface area contributed by atoms with E-state index in [1.807, 2.05) is 19.1 Å². The van der Waals surface area contributed by atoms with Gasteiger partial charge in [-0.3, -0.25) is 19.6 Å². The zero-order valence-electron chi connectivity index (χ0n) is 18.7. The Morgan fingerprint density at radius 1 is 0.882 bits per heavy atom. The second-order valence-electron chi connectivity index (χ2n) is 7.81. The Balaban J connectivity index is 1.58. The predicted molar refractivity (Wildman–Crippen MR) is 135 cm³/mol. The highest BCUT2D eigenvalue weighted by Gasteiger charge is 2.20. The molecule has 0 spiro atoms. The maximum absolute atomic E-state index is 13.1. The molecule has 0 saturated carbocycles. The quantitative estimate of drug-likeness (QED) is 0.352. The van der Waals surface area contributed by atoms with Crippen molar-refractivity contribution in [2.24, 2.45) is 0 Å². The molecule has 174 valence electrons. The van der Waals surface area contributed by atoms with Gasteiger partial charge in [0.1, 0.15) is 4.90 Å². The lowest BCUT2D eigenvalue weighted by Gasteiger charge is -2.13. The minimum Gasteiger partial charge on any atom is -0.325 e. The van der Waals surface area contributed by atoms with Crippen LogP contribution in [0.5, 0.6) is 0 Å². The van der Waals surface area contributed by atoms with Gasteiger partial charge < -0.3 is 5.32 Å². The molecule has 0 radical (unpaired) electrons. The normalized spacial score (nSPS) is 11.3. The van der Waals surface area contributed by atoms with E-state index in [1.165, 1.54) is 24.3 Å². The molecular formula is C24H22N4O4S2. The fourth-order valence-electron chi connectivity index (χ4n) is 3.27. The lowest BCUT2D eigenvalue weighted by Crippen LogP contribution is -2.17. The van der Waals surface area contributed by atoms with E-state index >= 15 is 0 Å². The number of nitrogens with zero attached hydrogens (tertiary/aromatic N) is 1. The monoisotopic (exact) mass is 494 g/mol. The molecule has 8 nitrogen and oxygen atoms in total. The summed E-state index contributed by atoms with van der Waals surface area (Å²) in [5.41, 5.74) is 3.35. The highest BCUT2D eigenvalue weighted by molar-refractivity contribution is 7.92. The summed E-state index contributed by atoms with van der Waals surface area (Å²) in [6.45, 7) is 5.03. The van der Waals surface area contributed by atoms with E-state index in [9.17, 15) is 18.0 Å². The van der Waals surface area contributed by atoms with E-state index in [4.69, 9.17) is 0 Å². The van der Waals surface area contributed by atoms with Crippen LogP contribution >= 0.6 is 11.3 Å². The molecule has 0 aliphatic carbocycles. The van der Waals surface area contributed by atoms with Crippen LogP contribution in [0.3, 0.4) is 0 Å². The van der Waals surface area contributed by atoms with E-state index in [2.05, 4.69) is 20.3 Å². The summed E-state index contributed by atoms with van der Waals surface area (Å²) >= 11 is 1.29. The zero-order valence-corrected chi connectivity index (χ0v) is 20.3. The van der Waals surface area contributed by atoms with E-state index < -0.39 is 10.0 Å². The number of carbonyl (C=O) groups excluding carboxylic acids is 2. The van der Waals surface area contributed by atoms with E-state index in [0.29, 0.717) is 21.9 Å². The summed E-state index contributed by atoms with van der Waals surface area (Å²) in [4.78, 5) is 28.4. The van der Waals surface area contributed by atoms with Crippen LogP contribution in [0.15, 0.2) is 65.6 Å². The fraction of sp³-hybridized carbons (Fsp3) is 0.125. The van der Waals surface area contributed by atoms with Gasteiger partial charge in [-0.05, 0) is 61.9 Å². The molecule has 0 aliphatic heterocycles. The Morgan fingerprint density at radius 2 is 1.59 bits per heavy atom. The van der Waals surface area contributed by atoms with E-state index in [1.54, 1.807) is 49.4 Å². The lowest BCUT2D eigenvalue weighted by molar-refractivity contribution is -0.114. The first-order valence-electron chi connectivity index (χ1n) is 10.3. The molecule has 3 N–H and O–H groups in total. The van der Waals surface area contributed by atoms with Gasteiger partial charge in [0, 0.05) is 12.5 Å². The standard InChI is InChI=1S/C24H22N4O4S2/c1-14-4-7-17(8-5-14)23(30)27-24-26-20-13-18(9-11-21(20)33-24)28-34(31,32)22-12-15(2)6-10-19(22)25-16(3)29/h4-13,28H,1-3H3,(H,25,29)(H,26,27,30). The molecule has 1 aromatic heterocycles. The highest BCUT2D eigenvalue weighted by Crippen LogP contribution is 2.30. The van der Waals surface area contributed by atoms with Gasteiger partial charge in [-0.25, -0.2) is 13.4 Å². The van der Waals surface area contributed by atoms with Crippen molar-refractivity contribution in [3.8, 4) is 0 Å².